The minimum atomic E-state index is 0.260. The molecule has 28 heavy (non-hydrogen) atoms. The first kappa shape index (κ1) is 17.9. The van der Waals surface area contributed by atoms with Gasteiger partial charge in [-0.05, 0) is 52.7 Å². The van der Waals surface area contributed by atoms with E-state index < -0.39 is 0 Å². The summed E-state index contributed by atoms with van der Waals surface area (Å²) in [6.07, 6.45) is 0. The number of para-hydroxylation sites is 1. The molecule has 6 heteroatoms. The van der Waals surface area contributed by atoms with Crippen LogP contribution in [0.3, 0.4) is 0 Å². The zero-order chi connectivity index (χ0) is 19.2. The van der Waals surface area contributed by atoms with Crippen molar-refractivity contribution in [2.45, 2.75) is 19.5 Å². The average molecular weight is 371 g/mol. The van der Waals surface area contributed by atoms with Gasteiger partial charge in [-0.1, -0.05) is 65.8 Å². The maximum Gasteiger partial charge on any atom is 0.345 e. The Balaban J connectivity index is 1.44. The zero-order valence-corrected chi connectivity index (χ0v) is 15.6. The minimum absolute atomic E-state index is 0.260. The Bertz CT molecular complexity index is 1020. The molecular weight excluding hydrogens is 350 g/mol. The number of rotatable bonds is 7. The highest BCUT2D eigenvalue weighted by Gasteiger charge is 2.11. The second-order valence-electron chi connectivity index (χ2n) is 6.47. The lowest BCUT2D eigenvalue weighted by Crippen LogP contribution is -2.17. The van der Waals surface area contributed by atoms with Gasteiger partial charge in [-0.25, -0.2) is 0 Å². The summed E-state index contributed by atoms with van der Waals surface area (Å²) < 4.78 is 7.51. The molecule has 140 valence electrons. The summed E-state index contributed by atoms with van der Waals surface area (Å²) in [7, 11) is 0. The fourth-order valence-electron chi connectivity index (χ4n) is 2.93. The standard InChI is InChI=1S/C22H21N5O/c1-17(19-10-4-2-5-11-19)23-16-18-9-8-14-21(15-18)28-22-24-25-26-27(22)20-12-6-3-7-13-20/h2-15,17,23H,16H2,1H3/t17-/m0/s1. The first-order valence-corrected chi connectivity index (χ1v) is 9.18. The van der Waals surface area contributed by atoms with Crippen LogP contribution in [0.1, 0.15) is 24.1 Å². The van der Waals surface area contributed by atoms with Gasteiger partial charge in [-0.15, -0.1) is 0 Å². The summed E-state index contributed by atoms with van der Waals surface area (Å²) in [5, 5.41) is 15.3. The monoisotopic (exact) mass is 371 g/mol. The SMILES string of the molecule is C[C@H](NCc1cccc(Oc2nnnn2-c2ccccc2)c1)c1ccccc1. The van der Waals surface area contributed by atoms with E-state index in [0.717, 1.165) is 17.8 Å². The van der Waals surface area contributed by atoms with E-state index >= 15 is 0 Å². The van der Waals surface area contributed by atoms with Gasteiger partial charge in [0.15, 0.2) is 0 Å². The van der Waals surface area contributed by atoms with E-state index in [1.807, 2.05) is 54.6 Å². The van der Waals surface area contributed by atoms with Crippen LogP contribution in [-0.4, -0.2) is 20.2 Å². The molecule has 1 heterocycles. The lowest BCUT2D eigenvalue weighted by atomic mass is 10.1. The number of benzene rings is 3. The van der Waals surface area contributed by atoms with Gasteiger partial charge in [0.25, 0.3) is 0 Å². The van der Waals surface area contributed by atoms with Gasteiger partial charge in [0.05, 0.1) is 5.69 Å². The van der Waals surface area contributed by atoms with Crippen LogP contribution in [0.25, 0.3) is 5.69 Å². The van der Waals surface area contributed by atoms with Crippen LogP contribution in [0.2, 0.25) is 0 Å². The fraction of sp³-hybridized carbons (Fsp3) is 0.136. The lowest BCUT2D eigenvalue weighted by Gasteiger charge is -2.14. The lowest BCUT2D eigenvalue weighted by molar-refractivity contribution is 0.426. The molecule has 0 saturated carbocycles. The van der Waals surface area contributed by atoms with Gasteiger partial charge in [0.2, 0.25) is 0 Å². The van der Waals surface area contributed by atoms with Crippen molar-refractivity contribution in [3.05, 3.63) is 96.1 Å². The molecule has 0 fully saturated rings. The molecule has 1 aromatic heterocycles. The topological polar surface area (TPSA) is 64.9 Å². The van der Waals surface area contributed by atoms with Gasteiger partial charge in [0, 0.05) is 12.6 Å². The maximum absolute atomic E-state index is 5.94. The molecule has 4 rings (SSSR count). The van der Waals surface area contributed by atoms with Gasteiger partial charge >= 0.3 is 6.01 Å². The number of hydrogen-bond acceptors (Lipinski definition) is 5. The summed E-state index contributed by atoms with van der Waals surface area (Å²) in [6.45, 7) is 2.89. The minimum Gasteiger partial charge on any atom is -0.423 e. The van der Waals surface area contributed by atoms with E-state index in [9.17, 15) is 0 Å². The van der Waals surface area contributed by atoms with Gasteiger partial charge in [0.1, 0.15) is 5.75 Å². The number of ether oxygens (including phenoxy) is 1. The van der Waals surface area contributed by atoms with Crippen LogP contribution < -0.4 is 10.1 Å². The van der Waals surface area contributed by atoms with Crippen molar-refractivity contribution < 1.29 is 4.74 Å². The van der Waals surface area contributed by atoms with Gasteiger partial charge < -0.3 is 10.1 Å². The average Bonchev–Trinajstić information content (AvgIpc) is 3.21. The summed E-state index contributed by atoms with van der Waals surface area (Å²) in [4.78, 5) is 0. The third-order valence-electron chi connectivity index (χ3n) is 4.46. The number of nitrogens with zero attached hydrogens (tertiary/aromatic N) is 4. The second-order valence-corrected chi connectivity index (χ2v) is 6.47. The van der Waals surface area contributed by atoms with Crippen LogP contribution in [0.5, 0.6) is 11.8 Å². The molecule has 0 aliphatic heterocycles. The fourth-order valence-corrected chi connectivity index (χ4v) is 2.93. The second kappa shape index (κ2) is 8.45. The Morgan fingerprint density at radius 1 is 0.929 bits per heavy atom. The van der Waals surface area contributed by atoms with Crippen molar-refractivity contribution in [2.24, 2.45) is 0 Å². The number of hydrogen-bond donors (Lipinski definition) is 1. The Hall–Kier alpha value is -3.51. The first-order chi connectivity index (χ1) is 13.8. The van der Waals surface area contributed by atoms with Crippen molar-refractivity contribution >= 4 is 0 Å². The summed E-state index contributed by atoms with van der Waals surface area (Å²) in [5.41, 5.74) is 3.23. The van der Waals surface area contributed by atoms with Crippen LogP contribution in [0.15, 0.2) is 84.9 Å². The van der Waals surface area contributed by atoms with Crippen LogP contribution in [-0.2, 0) is 6.54 Å². The molecule has 3 aromatic carbocycles. The molecule has 1 atom stereocenters. The molecule has 1 N–H and O–H groups in total. The maximum atomic E-state index is 5.94. The first-order valence-electron chi connectivity index (χ1n) is 9.18. The third-order valence-corrected chi connectivity index (χ3v) is 4.46. The molecule has 0 bridgehead atoms. The highest BCUT2D eigenvalue weighted by atomic mass is 16.5. The third kappa shape index (κ3) is 4.24. The van der Waals surface area contributed by atoms with Crippen molar-refractivity contribution in [3.8, 4) is 17.4 Å². The highest BCUT2D eigenvalue weighted by molar-refractivity contribution is 5.34. The number of nitrogens with one attached hydrogen (secondary N) is 1. The van der Waals surface area contributed by atoms with Crippen molar-refractivity contribution in [2.75, 3.05) is 0 Å². The van der Waals surface area contributed by atoms with E-state index in [1.54, 1.807) is 4.68 Å². The van der Waals surface area contributed by atoms with Gasteiger partial charge in [-0.3, -0.25) is 0 Å². The van der Waals surface area contributed by atoms with Crippen molar-refractivity contribution in [1.29, 1.82) is 0 Å². The predicted molar refractivity (Wildman–Crippen MR) is 107 cm³/mol. The Morgan fingerprint density at radius 2 is 1.68 bits per heavy atom. The zero-order valence-electron chi connectivity index (χ0n) is 15.6. The molecule has 0 amide bonds. The van der Waals surface area contributed by atoms with Crippen LogP contribution >= 0.6 is 0 Å². The van der Waals surface area contributed by atoms with Crippen molar-refractivity contribution in [3.63, 3.8) is 0 Å². The number of tetrazole rings is 1. The highest BCUT2D eigenvalue weighted by Crippen LogP contribution is 2.22. The Morgan fingerprint density at radius 3 is 2.46 bits per heavy atom. The molecular formula is C22H21N5O. The molecule has 0 radical (unpaired) electrons. The van der Waals surface area contributed by atoms with Crippen molar-refractivity contribution in [1.82, 2.24) is 25.5 Å². The molecule has 4 aromatic rings. The van der Waals surface area contributed by atoms with E-state index in [4.69, 9.17) is 4.74 Å². The molecule has 0 unspecified atom stereocenters. The van der Waals surface area contributed by atoms with E-state index in [0.29, 0.717) is 11.8 Å². The summed E-state index contributed by atoms with van der Waals surface area (Å²) in [5.74, 6) is 0.693. The van der Waals surface area contributed by atoms with E-state index in [-0.39, 0.29) is 6.04 Å². The van der Waals surface area contributed by atoms with Crippen LogP contribution in [0, 0.1) is 0 Å². The predicted octanol–water partition coefficient (Wildman–Crippen LogP) is 4.31. The molecule has 0 spiro atoms. The normalized spacial score (nSPS) is 11.9. The van der Waals surface area contributed by atoms with Gasteiger partial charge in [-0.2, -0.15) is 4.68 Å². The molecule has 0 saturated heterocycles. The van der Waals surface area contributed by atoms with Crippen LogP contribution in [0.4, 0.5) is 0 Å². The van der Waals surface area contributed by atoms with E-state index in [1.165, 1.54) is 5.56 Å². The van der Waals surface area contributed by atoms with E-state index in [2.05, 4.69) is 58.1 Å². The molecule has 0 aliphatic rings. The smallest absolute Gasteiger partial charge is 0.345 e. The molecule has 6 nitrogen and oxygen atoms in total. The summed E-state index contributed by atoms with van der Waals surface area (Å²) >= 11 is 0. The molecule has 0 aliphatic carbocycles. The largest absolute Gasteiger partial charge is 0.423 e. The Labute approximate surface area is 163 Å². The quantitative estimate of drug-likeness (QED) is 0.524. The summed E-state index contributed by atoms with van der Waals surface area (Å²) in [6, 6.07) is 28.6. The number of aromatic nitrogens is 4. The Kier molecular flexibility index (Phi) is 5.40.